The third-order valence-electron chi connectivity index (χ3n) is 11.9. The largest absolute Gasteiger partial charge is 0.494 e. The van der Waals surface area contributed by atoms with Gasteiger partial charge in [0.2, 0.25) is 0 Å². The molecule has 2 fully saturated rings. The number of unbranched alkanes of at least 4 members (excludes halogenated alkanes) is 3. The minimum absolute atomic E-state index is 0.0394. The van der Waals surface area contributed by atoms with Crippen LogP contribution in [-0.4, -0.2) is 68.5 Å². The molecule has 0 N–H and O–H groups in total. The average molecular weight is 879 g/mol. The van der Waals surface area contributed by atoms with Gasteiger partial charge in [0.1, 0.15) is 29.5 Å². The lowest BCUT2D eigenvalue weighted by Crippen LogP contribution is -2.22. The molecule has 6 rings (SSSR count). The summed E-state index contributed by atoms with van der Waals surface area (Å²) < 4.78 is 39.2. The Morgan fingerprint density at radius 2 is 0.984 bits per heavy atom. The predicted octanol–water partition coefficient (Wildman–Crippen LogP) is 10.5. The third-order valence-corrected chi connectivity index (χ3v) is 11.9. The number of fused-ring (bicyclic) bond motifs is 3. The predicted molar refractivity (Wildman–Crippen MR) is 240 cm³/mol. The molecule has 12 heteroatoms. The topological polar surface area (TPSA) is 150 Å². The SMILES string of the molecule is C=C(CC(=O)OC1CCCCC1)C(=O)OCCCCCCOc1ccc(C(=O)Oc2ccc3c(c2)C(C)c2cc(OCCCOC(=O)C(=C)CC(=O)OC4CCCCC4)ccc2-3)cc1. The van der Waals surface area contributed by atoms with E-state index < -0.39 is 29.8 Å². The van der Waals surface area contributed by atoms with Gasteiger partial charge in [-0.05, 0) is 148 Å². The van der Waals surface area contributed by atoms with E-state index in [0.29, 0.717) is 48.9 Å². The van der Waals surface area contributed by atoms with Crippen LogP contribution >= 0.6 is 0 Å². The number of rotatable bonds is 23. The van der Waals surface area contributed by atoms with Crippen molar-refractivity contribution in [3.63, 3.8) is 0 Å². The van der Waals surface area contributed by atoms with E-state index in [1.54, 1.807) is 30.3 Å². The number of benzene rings is 3. The Balaban J connectivity index is 0.837. The lowest BCUT2D eigenvalue weighted by molar-refractivity contribution is -0.152. The van der Waals surface area contributed by atoms with Gasteiger partial charge in [0.15, 0.2) is 0 Å². The Morgan fingerprint density at radius 1 is 0.531 bits per heavy atom. The Bertz CT molecular complexity index is 2110. The summed E-state index contributed by atoms with van der Waals surface area (Å²) in [4.78, 5) is 62.0. The van der Waals surface area contributed by atoms with Gasteiger partial charge in [-0.1, -0.05) is 45.1 Å². The zero-order chi connectivity index (χ0) is 45.3. The second-order valence-electron chi connectivity index (χ2n) is 16.9. The van der Waals surface area contributed by atoms with Crippen molar-refractivity contribution in [1.82, 2.24) is 0 Å². The normalized spacial score (nSPS) is 15.8. The fourth-order valence-electron chi connectivity index (χ4n) is 8.31. The van der Waals surface area contributed by atoms with E-state index in [-0.39, 0.29) is 55.3 Å². The number of carbonyl (C=O) groups is 5. The minimum Gasteiger partial charge on any atom is -0.494 e. The van der Waals surface area contributed by atoms with Gasteiger partial charge >= 0.3 is 29.8 Å². The monoisotopic (exact) mass is 878 g/mol. The van der Waals surface area contributed by atoms with Crippen molar-refractivity contribution in [2.24, 2.45) is 0 Å². The van der Waals surface area contributed by atoms with Crippen molar-refractivity contribution in [2.45, 2.75) is 134 Å². The van der Waals surface area contributed by atoms with E-state index in [1.165, 1.54) is 6.42 Å². The molecule has 0 aliphatic heterocycles. The highest BCUT2D eigenvalue weighted by Crippen LogP contribution is 2.47. The summed E-state index contributed by atoms with van der Waals surface area (Å²) in [5, 5.41) is 0. The average Bonchev–Trinajstić information content (AvgIpc) is 3.57. The van der Waals surface area contributed by atoms with Crippen LogP contribution in [0.5, 0.6) is 17.2 Å². The summed E-state index contributed by atoms with van der Waals surface area (Å²) in [6, 6.07) is 18.5. The van der Waals surface area contributed by atoms with Gasteiger partial charge in [-0.15, -0.1) is 0 Å². The van der Waals surface area contributed by atoms with Crippen molar-refractivity contribution in [3.8, 4) is 28.4 Å². The van der Waals surface area contributed by atoms with Crippen LogP contribution in [-0.2, 0) is 38.1 Å². The molecule has 1 unspecified atom stereocenters. The van der Waals surface area contributed by atoms with Crippen LogP contribution in [0.15, 0.2) is 85.0 Å². The van der Waals surface area contributed by atoms with Crippen LogP contribution in [0, 0.1) is 0 Å². The molecule has 0 bridgehead atoms. The maximum Gasteiger partial charge on any atom is 0.343 e. The summed E-state index contributed by atoms with van der Waals surface area (Å²) in [6.45, 7) is 10.7. The number of carbonyl (C=O) groups excluding carboxylic acids is 5. The molecule has 12 nitrogen and oxygen atoms in total. The summed E-state index contributed by atoms with van der Waals surface area (Å²) in [7, 11) is 0. The molecule has 64 heavy (non-hydrogen) atoms. The first-order valence-corrected chi connectivity index (χ1v) is 23.0. The first-order valence-electron chi connectivity index (χ1n) is 23.0. The van der Waals surface area contributed by atoms with Gasteiger partial charge < -0.3 is 33.2 Å². The van der Waals surface area contributed by atoms with Crippen LogP contribution in [0.1, 0.15) is 143 Å². The summed E-state index contributed by atoms with van der Waals surface area (Å²) >= 11 is 0. The van der Waals surface area contributed by atoms with E-state index in [1.807, 2.05) is 30.3 Å². The fourth-order valence-corrected chi connectivity index (χ4v) is 8.31. The number of hydrogen-bond donors (Lipinski definition) is 0. The summed E-state index contributed by atoms with van der Waals surface area (Å²) in [6.07, 6.45) is 13.3. The third kappa shape index (κ3) is 14.3. The summed E-state index contributed by atoms with van der Waals surface area (Å²) in [5.74, 6) is -0.667. The molecule has 0 radical (unpaired) electrons. The molecule has 2 saturated carbocycles. The zero-order valence-electron chi connectivity index (χ0n) is 37.2. The fraction of sp³-hybridized carbons (Fsp3) is 0.481. The Labute approximate surface area is 376 Å². The molecule has 3 aliphatic carbocycles. The van der Waals surface area contributed by atoms with Crippen LogP contribution in [0.25, 0.3) is 11.1 Å². The Morgan fingerprint density at radius 3 is 1.55 bits per heavy atom. The lowest BCUT2D eigenvalue weighted by atomic mass is 9.98. The van der Waals surface area contributed by atoms with Crippen molar-refractivity contribution in [1.29, 1.82) is 0 Å². The maximum atomic E-state index is 13.1. The van der Waals surface area contributed by atoms with E-state index in [2.05, 4.69) is 20.1 Å². The van der Waals surface area contributed by atoms with Crippen molar-refractivity contribution in [2.75, 3.05) is 26.4 Å². The van der Waals surface area contributed by atoms with Gasteiger partial charge in [-0.25, -0.2) is 14.4 Å². The number of ether oxygens (including phenoxy) is 7. The van der Waals surface area contributed by atoms with E-state index >= 15 is 0 Å². The molecular formula is C52H62O12. The van der Waals surface area contributed by atoms with E-state index in [9.17, 15) is 24.0 Å². The molecule has 3 aliphatic rings. The van der Waals surface area contributed by atoms with Gasteiger partial charge in [0.05, 0.1) is 44.8 Å². The number of esters is 5. The molecule has 0 amide bonds. The molecule has 0 spiro atoms. The Hall–Kier alpha value is -5.91. The highest BCUT2D eigenvalue weighted by molar-refractivity contribution is 5.94. The molecule has 3 aromatic carbocycles. The van der Waals surface area contributed by atoms with Gasteiger partial charge in [0.25, 0.3) is 0 Å². The van der Waals surface area contributed by atoms with E-state index in [0.717, 1.165) is 99.3 Å². The highest BCUT2D eigenvalue weighted by Gasteiger charge is 2.27. The standard InChI is InChI=1S/C52H62O12/c1-35(31-48(53)62-40-15-8-6-9-16-40)50(55)60-28-13-5-4-12-27-58-39-21-19-38(20-22-39)52(57)64-43-24-26-45-44-25-23-42(33-46(44)37(3)47(45)34-43)59-29-14-30-61-51(56)36(2)32-49(54)63-41-17-10-7-11-18-41/h19-26,33-34,37,40-41H,1-2,4-18,27-32H2,3H3. The molecule has 342 valence electrons. The molecule has 1 atom stereocenters. The molecule has 0 saturated heterocycles. The molecular weight excluding hydrogens is 817 g/mol. The summed E-state index contributed by atoms with van der Waals surface area (Å²) in [5.41, 5.74) is 4.91. The quantitative estimate of drug-likeness (QED) is 0.0293. The minimum atomic E-state index is -0.607. The van der Waals surface area contributed by atoms with E-state index in [4.69, 9.17) is 33.2 Å². The molecule has 0 heterocycles. The van der Waals surface area contributed by atoms with Crippen LogP contribution in [0.4, 0.5) is 0 Å². The molecule has 0 aromatic heterocycles. The number of hydrogen-bond acceptors (Lipinski definition) is 12. The second kappa shape index (κ2) is 24.2. The van der Waals surface area contributed by atoms with Crippen LogP contribution in [0.2, 0.25) is 0 Å². The highest BCUT2D eigenvalue weighted by atomic mass is 16.6. The zero-order valence-corrected chi connectivity index (χ0v) is 37.2. The maximum absolute atomic E-state index is 13.1. The van der Waals surface area contributed by atoms with Crippen molar-refractivity contribution in [3.05, 3.63) is 102 Å². The van der Waals surface area contributed by atoms with Gasteiger partial charge in [0, 0.05) is 23.5 Å². The second-order valence-corrected chi connectivity index (χ2v) is 16.9. The lowest BCUT2D eigenvalue weighted by Gasteiger charge is -2.21. The van der Waals surface area contributed by atoms with Gasteiger partial charge in [-0.2, -0.15) is 0 Å². The van der Waals surface area contributed by atoms with Crippen molar-refractivity contribution < 1.29 is 57.1 Å². The van der Waals surface area contributed by atoms with Gasteiger partial charge in [-0.3, -0.25) is 9.59 Å². The molecule has 3 aromatic rings. The van der Waals surface area contributed by atoms with Crippen LogP contribution < -0.4 is 14.2 Å². The first kappa shape index (κ1) is 47.6. The Kier molecular flexibility index (Phi) is 18.0. The smallest absolute Gasteiger partial charge is 0.343 e. The first-order chi connectivity index (χ1) is 31.0. The van der Waals surface area contributed by atoms with Crippen molar-refractivity contribution >= 4 is 29.8 Å². The van der Waals surface area contributed by atoms with Crippen LogP contribution in [0.3, 0.4) is 0 Å².